The molecule has 0 atom stereocenters. The van der Waals surface area contributed by atoms with E-state index in [4.69, 9.17) is 11.6 Å². The fourth-order valence-electron chi connectivity index (χ4n) is 1.51. The van der Waals surface area contributed by atoms with Crippen LogP contribution >= 0.6 is 11.6 Å². The Hall–Kier alpha value is -2.15. The van der Waals surface area contributed by atoms with Gasteiger partial charge in [-0.2, -0.15) is 0 Å². The number of nitrogens with zero attached hydrogens (tertiary/aromatic N) is 2. The summed E-state index contributed by atoms with van der Waals surface area (Å²) in [5, 5.41) is 2.16. The average molecular weight is 302 g/mol. The number of hydrogen-bond acceptors (Lipinski definition) is 3. The van der Waals surface area contributed by atoms with E-state index in [2.05, 4.69) is 15.3 Å². The molecule has 4 nitrogen and oxygen atoms in total. The Morgan fingerprint density at radius 1 is 1.15 bits per heavy atom. The maximum absolute atomic E-state index is 13.4. The van der Waals surface area contributed by atoms with Crippen molar-refractivity contribution in [3.05, 3.63) is 52.1 Å². The number of benzene rings is 1. The Morgan fingerprint density at radius 3 is 2.30 bits per heavy atom. The predicted octanol–water partition coefficient (Wildman–Crippen LogP) is 3.11. The second-order valence-corrected chi connectivity index (χ2v) is 4.24. The van der Waals surface area contributed by atoms with Gasteiger partial charge in [0.2, 0.25) is 5.95 Å². The number of carbonyl (C=O) groups excluding carboxylic acids is 1. The molecule has 0 unspecified atom stereocenters. The summed E-state index contributed by atoms with van der Waals surface area (Å²) in [6.07, 6.45) is 0. The lowest BCUT2D eigenvalue weighted by molar-refractivity contribution is 0.101. The normalized spacial score (nSPS) is 10.4. The number of anilines is 1. The van der Waals surface area contributed by atoms with Gasteiger partial charge in [-0.3, -0.25) is 10.1 Å². The lowest BCUT2D eigenvalue weighted by Crippen LogP contribution is -2.18. The second-order valence-electron chi connectivity index (χ2n) is 3.85. The lowest BCUT2D eigenvalue weighted by Gasteiger charge is -2.07. The number of halogens is 4. The minimum atomic E-state index is -1.32. The van der Waals surface area contributed by atoms with Crippen LogP contribution in [0.4, 0.5) is 19.1 Å². The van der Waals surface area contributed by atoms with E-state index in [-0.39, 0.29) is 11.1 Å². The molecule has 1 amide bonds. The molecule has 104 valence electrons. The van der Waals surface area contributed by atoms with Crippen LogP contribution in [0.15, 0.2) is 18.2 Å². The van der Waals surface area contributed by atoms with Crippen LogP contribution < -0.4 is 5.32 Å². The summed E-state index contributed by atoms with van der Waals surface area (Å²) in [5.41, 5.74) is -0.465. The zero-order chi connectivity index (χ0) is 14.9. The Bertz CT molecular complexity index is 650. The maximum Gasteiger partial charge on any atom is 0.263 e. The number of amides is 1. The van der Waals surface area contributed by atoms with Gasteiger partial charge < -0.3 is 0 Å². The number of aryl methyl sites for hydroxylation is 1. The fraction of sp³-hybridized carbons (Fsp3) is 0.0833. The van der Waals surface area contributed by atoms with Crippen LogP contribution in [0.3, 0.4) is 0 Å². The summed E-state index contributed by atoms with van der Waals surface area (Å²) in [4.78, 5) is 19.3. The highest BCUT2D eigenvalue weighted by atomic mass is 35.5. The summed E-state index contributed by atoms with van der Waals surface area (Å²) in [6.45, 7) is 1.60. The number of carbonyl (C=O) groups is 1. The fourth-order valence-corrected chi connectivity index (χ4v) is 1.75. The summed E-state index contributed by atoms with van der Waals surface area (Å²) in [5.74, 6) is -5.10. The third-order valence-corrected chi connectivity index (χ3v) is 2.48. The minimum Gasteiger partial charge on any atom is -0.290 e. The largest absolute Gasteiger partial charge is 0.290 e. The van der Waals surface area contributed by atoms with E-state index in [9.17, 15) is 18.0 Å². The van der Waals surface area contributed by atoms with Gasteiger partial charge in [0.05, 0.1) is 0 Å². The van der Waals surface area contributed by atoms with Gasteiger partial charge in [0.25, 0.3) is 5.91 Å². The van der Waals surface area contributed by atoms with Crippen LogP contribution in [-0.4, -0.2) is 15.9 Å². The van der Waals surface area contributed by atoms with Crippen molar-refractivity contribution in [2.24, 2.45) is 0 Å². The molecule has 1 aromatic heterocycles. The maximum atomic E-state index is 13.4. The smallest absolute Gasteiger partial charge is 0.263 e. The summed E-state index contributed by atoms with van der Waals surface area (Å²) in [7, 11) is 0. The SMILES string of the molecule is Cc1cc(Cl)nc(NC(=O)c2c(F)cc(F)cc2F)n1. The molecule has 2 rings (SSSR count). The highest BCUT2D eigenvalue weighted by Crippen LogP contribution is 2.17. The Kier molecular flexibility index (Phi) is 3.89. The van der Waals surface area contributed by atoms with Crippen LogP contribution in [0.5, 0.6) is 0 Å². The molecule has 1 N–H and O–H groups in total. The second kappa shape index (κ2) is 5.46. The molecule has 0 aliphatic carbocycles. The Labute approximate surface area is 116 Å². The van der Waals surface area contributed by atoms with E-state index >= 15 is 0 Å². The van der Waals surface area contributed by atoms with Gasteiger partial charge in [-0.1, -0.05) is 11.6 Å². The van der Waals surface area contributed by atoms with Crippen molar-refractivity contribution in [1.82, 2.24) is 9.97 Å². The van der Waals surface area contributed by atoms with Crippen molar-refractivity contribution in [3.63, 3.8) is 0 Å². The zero-order valence-electron chi connectivity index (χ0n) is 10.0. The molecule has 0 fully saturated rings. The van der Waals surface area contributed by atoms with E-state index in [0.29, 0.717) is 17.8 Å². The molecule has 0 aliphatic heterocycles. The molecular formula is C12H7ClF3N3O. The van der Waals surface area contributed by atoms with Crippen LogP contribution in [0, 0.1) is 24.4 Å². The first-order valence-corrected chi connectivity index (χ1v) is 5.71. The molecule has 0 aliphatic rings. The first-order valence-electron chi connectivity index (χ1n) is 5.34. The van der Waals surface area contributed by atoms with Gasteiger partial charge >= 0.3 is 0 Å². The molecule has 0 saturated carbocycles. The Balaban J connectivity index is 2.33. The van der Waals surface area contributed by atoms with Gasteiger partial charge in [-0.15, -0.1) is 0 Å². The van der Waals surface area contributed by atoms with Crippen molar-refractivity contribution in [2.45, 2.75) is 6.92 Å². The molecule has 20 heavy (non-hydrogen) atoms. The van der Waals surface area contributed by atoms with Crippen molar-refractivity contribution < 1.29 is 18.0 Å². The van der Waals surface area contributed by atoms with E-state index in [1.54, 1.807) is 6.92 Å². The highest BCUT2D eigenvalue weighted by molar-refractivity contribution is 6.29. The Morgan fingerprint density at radius 2 is 1.75 bits per heavy atom. The standard InChI is InChI=1S/C12H7ClF3N3O/c1-5-2-9(13)18-12(17-5)19-11(20)10-7(15)3-6(14)4-8(10)16/h2-4H,1H3,(H,17,18,19,20). The zero-order valence-corrected chi connectivity index (χ0v) is 10.8. The number of rotatable bonds is 2. The predicted molar refractivity (Wildman–Crippen MR) is 66.0 cm³/mol. The van der Waals surface area contributed by atoms with Crippen molar-refractivity contribution in [1.29, 1.82) is 0 Å². The molecule has 1 aromatic carbocycles. The average Bonchev–Trinajstić information content (AvgIpc) is 2.25. The first kappa shape index (κ1) is 14.3. The van der Waals surface area contributed by atoms with Gasteiger partial charge in [-0.25, -0.2) is 23.1 Å². The number of aromatic nitrogens is 2. The van der Waals surface area contributed by atoms with Gasteiger partial charge in [0.15, 0.2) is 0 Å². The van der Waals surface area contributed by atoms with E-state index in [0.717, 1.165) is 0 Å². The molecule has 0 saturated heterocycles. The van der Waals surface area contributed by atoms with E-state index in [1.165, 1.54) is 6.07 Å². The third kappa shape index (κ3) is 3.05. The minimum absolute atomic E-state index is 0.0628. The van der Waals surface area contributed by atoms with Crippen LogP contribution in [-0.2, 0) is 0 Å². The van der Waals surface area contributed by atoms with Crippen molar-refractivity contribution in [3.8, 4) is 0 Å². The highest BCUT2D eigenvalue weighted by Gasteiger charge is 2.20. The molecule has 0 radical (unpaired) electrons. The molecule has 2 aromatic rings. The quantitative estimate of drug-likeness (QED) is 0.867. The lowest BCUT2D eigenvalue weighted by atomic mass is 10.2. The van der Waals surface area contributed by atoms with Crippen molar-refractivity contribution >= 4 is 23.5 Å². The van der Waals surface area contributed by atoms with E-state index in [1.807, 2.05) is 0 Å². The summed E-state index contributed by atoms with van der Waals surface area (Å²) in [6, 6.07) is 2.25. The van der Waals surface area contributed by atoms with E-state index < -0.39 is 28.9 Å². The summed E-state index contributed by atoms with van der Waals surface area (Å²) >= 11 is 5.66. The third-order valence-electron chi connectivity index (χ3n) is 2.28. The van der Waals surface area contributed by atoms with Gasteiger partial charge in [0.1, 0.15) is 28.2 Å². The molecule has 0 bridgehead atoms. The molecule has 8 heteroatoms. The number of nitrogens with one attached hydrogen (secondary N) is 1. The monoisotopic (exact) mass is 301 g/mol. The van der Waals surface area contributed by atoms with Gasteiger partial charge in [0, 0.05) is 17.8 Å². The van der Waals surface area contributed by atoms with Crippen LogP contribution in [0.25, 0.3) is 0 Å². The summed E-state index contributed by atoms with van der Waals surface area (Å²) < 4.78 is 39.6. The first-order chi connectivity index (χ1) is 9.36. The van der Waals surface area contributed by atoms with Crippen LogP contribution in [0.1, 0.15) is 16.1 Å². The van der Waals surface area contributed by atoms with Crippen molar-refractivity contribution in [2.75, 3.05) is 5.32 Å². The molecule has 1 heterocycles. The topological polar surface area (TPSA) is 54.9 Å². The molecular weight excluding hydrogens is 295 g/mol. The molecule has 0 spiro atoms. The number of hydrogen-bond donors (Lipinski definition) is 1. The van der Waals surface area contributed by atoms with Gasteiger partial charge in [-0.05, 0) is 13.0 Å². The van der Waals surface area contributed by atoms with Crippen LogP contribution in [0.2, 0.25) is 5.15 Å².